The summed E-state index contributed by atoms with van der Waals surface area (Å²) in [6.07, 6.45) is 2.26. The zero-order valence-corrected chi connectivity index (χ0v) is 11.5. The Morgan fingerprint density at radius 3 is 2.70 bits per heavy atom. The van der Waals surface area contributed by atoms with Gasteiger partial charge in [-0.2, -0.15) is 5.06 Å². The van der Waals surface area contributed by atoms with E-state index in [9.17, 15) is 14.7 Å². The molecule has 7 nitrogen and oxygen atoms in total. The van der Waals surface area contributed by atoms with Crippen molar-refractivity contribution in [2.24, 2.45) is 0 Å². The molecule has 2 aliphatic rings. The predicted molar refractivity (Wildman–Crippen MR) is 69.8 cm³/mol. The van der Waals surface area contributed by atoms with Crippen LogP contribution in [0.15, 0.2) is 0 Å². The van der Waals surface area contributed by atoms with E-state index in [1.165, 1.54) is 4.90 Å². The molecule has 2 N–H and O–H groups in total. The highest BCUT2D eigenvalue weighted by Gasteiger charge is 2.35. The maximum atomic E-state index is 12.2. The molecule has 0 aromatic carbocycles. The van der Waals surface area contributed by atoms with E-state index in [0.29, 0.717) is 26.1 Å². The number of aliphatic carboxylic acids is 1. The van der Waals surface area contributed by atoms with Crippen molar-refractivity contribution in [1.82, 2.24) is 9.96 Å². The number of rotatable bonds is 4. The third-order valence-electron chi connectivity index (χ3n) is 3.83. The summed E-state index contributed by atoms with van der Waals surface area (Å²) in [6, 6.07) is -0.909. The number of hydrogen-bond donors (Lipinski definition) is 2. The highest BCUT2D eigenvalue weighted by atomic mass is 16.7. The largest absolute Gasteiger partial charge is 0.480 e. The first-order chi connectivity index (χ1) is 9.58. The number of nitrogens with zero attached hydrogens (tertiary/aromatic N) is 2. The lowest BCUT2D eigenvalue weighted by atomic mass is 9.99. The summed E-state index contributed by atoms with van der Waals surface area (Å²) in [7, 11) is 0. The standard InChI is InChI=1S/C13H22N2O5/c16-10-3-7-15(11(9-10)13(18)19)12(17)4-6-14-5-1-2-8-20-14/h10-11,16H,1-9H2,(H,18,19)/t10-,11+/m1/s1. The summed E-state index contributed by atoms with van der Waals surface area (Å²) in [5, 5.41) is 20.5. The molecule has 1 amide bonds. The molecule has 0 unspecified atom stereocenters. The number of amides is 1. The van der Waals surface area contributed by atoms with Gasteiger partial charge in [0.2, 0.25) is 5.91 Å². The number of carbonyl (C=O) groups is 2. The Labute approximate surface area is 118 Å². The van der Waals surface area contributed by atoms with Crippen LogP contribution in [0.5, 0.6) is 0 Å². The van der Waals surface area contributed by atoms with Crippen LogP contribution >= 0.6 is 0 Å². The van der Waals surface area contributed by atoms with Gasteiger partial charge in [0.1, 0.15) is 6.04 Å². The average molecular weight is 286 g/mol. The quantitative estimate of drug-likeness (QED) is 0.746. The zero-order chi connectivity index (χ0) is 14.5. The molecular weight excluding hydrogens is 264 g/mol. The van der Waals surface area contributed by atoms with Gasteiger partial charge in [0.15, 0.2) is 0 Å². The normalized spacial score (nSPS) is 28.4. The van der Waals surface area contributed by atoms with E-state index in [4.69, 9.17) is 9.94 Å². The lowest BCUT2D eigenvalue weighted by Gasteiger charge is -2.36. The van der Waals surface area contributed by atoms with Crippen LogP contribution in [0.25, 0.3) is 0 Å². The molecule has 2 rings (SSSR count). The van der Waals surface area contributed by atoms with Gasteiger partial charge >= 0.3 is 5.97 Å². The lowest BCUT2D eigenvalue weighted by Crippen LogP contribution is -2.51. The highest BCUT2D eigenvalue weighted by molar-refractivity contribution is 5.84. The molecule has 2 fully saturated rings. The number of piperidine rings is 1. The number of hydrogen-bond acceptors (Lipinski definition) is 5. The van der Waals surface area contributed by atoms with Crippen molar-refractivity contribution in [3.63, 3.8) is 0 Å². The second-order valence-electron chi connectivity index (χ2n) is 5.34. The molecule has 114 valence electrons. The van der Waals surface area contributed by atoms with Crippen LogP contribution in [0.3, 0.4) is 0 Å². The fraction of sp³-hybridized carbons (Fsp3) is 0.846. The zero-order valence-electron chi connectivity index (χ0n) is 11.5. The van der Waals surface area contributed by atoms with Crippen LogP contribution in [0.2, 0.25) is 0 Å². The van der Waals surface area contributed by atoms with Crippen LogP contribution in [0.1, 0.15) is 32.1 Å². The van der Waals surface area contributed by atoms with Crippen molar-refractivity contribution in [3.05, 3.63) is 0 Å². The van der Waals surface area contributed by atoms with Gasteiger partial charge in [0.05, 0.1) is 12.7 Å². The Bertz CT molecular complexity index is 357. The first-order valence-electron chi connectivity index (χ1n) is 7.16. The van der Waals surface area contributed by atoms with E-state index >= 15 is 0 Å². The van der Waals surface area contributed by atoms with Gasteiger partial charge in [-0.25, -0.2) is 4.79 Å². The molecule has 0 bridgehead atoms. The molecule has 0 aromatic rings. The molecule has 0 aliphatic carbocycles. The van der Waals surface area contributed by atoms with Gasteiger partial charge in [0, 0.05) is 32.5 Å². The fourth-order valence-electron chi connectivity index (χ4n) is 2.67. The number of likely N-dealkylation sites (tertiary alicyclic amines) is 1. The van der Waals surface area contributed by atoms with Crippen LogP contribution < -0.4 is 0 Å². The Morgan fingerprint density at radius 2 is 2.05 bits per heavy atom. The fourth-order valence-corrected chi connectivity index (χ4v) is 2.67. The van der Waals surface area contributed by atoms with Gasteiger partial charge in [-0.1, -0.05) is 0 Å². The smallest absolute Gasteiger partial charge is 0.326 e. The van der Waals surface area contributed by atoms with Crippen molar-refractivity contribution in [1.29, 1.82) is 0 Å². The minimum absolute atomic E-state index is 0.112. The number of carbonyl (C=O) groups excluding carboxylic acids is 1. The molecule has 20 heavy (non-hydrogen) atoms. The lowest BCUT2D eigenvalue weighted by molar-refractivity contribution is -0.183. The summed E-state index contributed by atoms with van der Waals surface area (Å²) in [5.41, 5.74) is 0. The van der Waals surface area contributed by atoms with Crippen LogP contribution in [-0.2, 0) is 14.4 Å². The third-order valence-corrected chi connectivity index (χ3v) is 3.83. The Balaban J connectivity index is 1.84. The average Bonchev–Trinajstić information content (AvgIpc) is 2.45. The van der Waals surface area contributed by atoms with Gasteiger partial charge in [-0.05, 0) is 19.3 Å². The van der Waals surface area contributed by atoms with Crippen LogP contribution in [0, 0.1) is 0 Å². The molecule has 2 atom stereocenters. The van der Waals surface area contributed by atoms with Crippen molar-refractivity contribution < 1.29 is 24.6 Å². The molecule has 0 saturated carbocycles. The van der Waals surface area contributed by atoms with Gasteiger partial charge in [0.25, 0.3) is 0 Å². The number of carboxylic acid groups (broad SMARTS) is 1. The van der Waals surface area contributed by atoms with E-state index in [1.54, 1.807) is 5.06 Å². The van der Waals surface area contributed by atoms with Gasteiger partial charge in [-0.15, -0.1) is 0 Å². The van der Waals surface area contributed by atoms with Crippen molar-refractivity contribution in [2.45, 2.75) is 44.2 Å². The topological polar surface area (TPSA) is 90.3 Å². The highest BCUT2D eigenvalue weighted by Crippen LogP contribution is 2.19. The number of aliphatic hydroxyl groups excluding tert-OH is 1. The molecular formula is C13H22N2O5. The maximum Gasteiger partial charge on any atom is 0.326 e. The SMILES string of the molecule is O=C(O)[C@@H]1C[C@H](O)CCN1C(=O)CCN1CCCCO1. The van der Waals surface area contributed by atoms with Gasteiger partial charge in [-0.3, -0.25) is 9.63 Å². The summed E-state index contributed by atoms with van der Waals surface area (Å²) < 4.78 is 0. The van der Waals surface area contributed by atoms with E-state index in [1.807, 2.05) is 0 Å². The minimum Gasteiger partial charge on any atom is -0.480 e. The second-order valence-corrected chi connectivity index (χ2v) is 5.34. The third kappa shape index (κ3) is 3.91. The van der Waals surface area contributed by atoms with Crippen molar-refractivity contribution in [3.8, 4) is 0 Å². The Morgan fingerprint density at radius 1 is 1.25 bits per heavy atom. The van der Waals surface area contributed by atoms with E-state index in [-0.39, 0.29) is 18.7 Å². The molecule has 0 radical (unpaired) electrons. The number of hydroxylamine groups is 2. The Hall–Kier alpha value is -1.18. The molecule has 0 aromatic heterocycles. The van der Waals surface area contributed by atoms with Crippen molar-refractivity contribution in [2.75, 3.05) is 26.2 Å². The summed E-state index contributed by atoms with van der Waals surface area (Å²) in [5.74, 6) is -1.23. The van der Waals surface area contributed by atoms with Gasteiger partial charge < -0.3 is 15.1 Å². The van der Waals surface area contributed by atoms with Crippen LogP contribution in [-0.4, -0.2) is 70.4 Å². The van der Waals surface area contributed by atoms with Crippen LogP contribution in [0.4, 0.5) is 0 Å². The first-order valence-corrected chi connectivity index (χ1v) is 7.16. The summed E-state index contributed by atoms with van der Waals surface area (Å²) in [4.78, 5) is 30.1. The first kappa shape index (κ1) is 15.2. The predicted octanol–water partition coefficient (Wildman–Crippen LogP) is -0.160. The maximum absolute atomic E-state index is 12.2. The number of carboxylic acids is 1. The summed E-state index contributed by atoms with van der Waals surface area (Å²) >= 11 is 0. The molecule has 2 saturated heterocycles. The molecule has 2 aliphatic heterocycles. The number of aliphatic hydroxyl groups is 1. The van der Waals surface area contributed by atoms with Crippen molar-refractivity contribution >= 4 is 11.9 Å². The van der Waals surface area contributed by atoms with E-state index < -0.39 is 18.1 Å². The Kier molecular flexibility index (Phi) is 5.33. The monoisotopic (exact) mass is 286 g/mol. The van der Waals surface area contributed by atoms with E-state index in [0.717, 1.165) is 19.4 Å². The molecule has 0 spiro atoms. The molecule has 7 heteroatoms. The summed E-state index contributed by atoms with van der Waals surface area (Å²) in [6.45, 7) is 2.29. The molecule has 2 heterocycles. The minimum atomic E-state index is -1.05. The van der Waals surface area contributed by atoms with E-state index in [2.05, 4.69) is 0 Å². The second kappa shape index (κ2) is 7.01.